The third kappa shape index (κ3) is 1.92. The van der Waals surface area contributed by atoms with E-state index in [4.69, 9.17) is 4.74 Å². The van der Waals surface area contributed by atoms with Gasteiger partial charge < -0.3 is 10.1 Å². The van der Waals surface area contributed by atoms with Crippen molar-refractivity contribution in [3.05, 3.63) is 34.9 Å². The van der Waals surface area contributed by atoms with Gasteiger partial charge in [0.15, 0.2) is 0 Å². The number of benzene rings is 1. The van der Waals surface area contributed by atoms with Gasteiger partial charge in [-0.3, -0.25) is 0 Å². The Labute approximate surface area is 91.6 Å². The van der Waals surface area contributed by atoms with Crippen LogP contribution in [-0.4, -0.2) is 25.8 Å². The molecule has 1 heterocycles. The van der Waals surface area contributed by atoms with E-state index >= 15 is 0 Å². The summed E-state index contributed by atoms with van der Waals surface area (Å²) in [5.41, 5.74) is 4.23. The minimum atomic E-state index is 0.0402. The second-order valence-electron chi connectivity index (χ2n) is 4.53. The predicted molar refractivity (Wildman–Crippen MR) is 62.2 cm³/mol. The molecule has 2 rings (SSSR count). The van der Waals surface area contributed by atoms with Crippen LogP contribution in [0.2, 0.25) is 0 Å². The fourth-order valence-corrected chi connectivity index (χ4v) is 2.10. The van der Waals surface area contributed by atoms with Crippen LogP contribution in [0.15, 0.2) is 18.2 Å². The Balaban J connectivity index is 2.20. The summed E-state index contributed by atoms with van der Waals surface area (Å²) in [6.07, 6.45) is 1.02. The summed E-state index contributed by atoms with van der Waals surface area (Å²) in [7, 11) is 1.81. The number of methoxy groups -OCH3 is 1. The van der Waals surface area contributed by atoms with Crippen molar-refractivity contribution in [3.63, 3.8) is 0 Å². The van der Waals surface area contributed by atoms with E-state index < -0.39 is 0 Å². The summed E-state index contributed by atoms with van der Waals surface area (Å²) in [5, 5.41) is 3.28. The number of aryl methyl sites for hydroxylation is 1. The Kier molecular flexibility index (Phi) is 2.81. The van der Waals surface area contributed by atoms with Crippen molar-refractivity contribution >= 4 is 0 Å². The standard InChI is InChI=1S/C13H19NO/c1-10-5-4-6-12(11(10)2)7-13(15-3)8-14-9-13/h4-6,14H,7-9H2,1-3H3. The Morgan fingerprint density at radius 2 is 2.07 bits per heavy atom. The normalized spacial score (nSPS) is 18.6. The molecule has 0 aromatic heterocycles. The Morgan fingerprint density at radius 1 is 1.33 bits per heavy atom. The minimum Gasteiger partial charge on any atom is -0.375 e. The van der Waals surface area contributed by atoms with Crippen molar-refractivity contribution in [2.24, 2.45) is 0 Å². The average Bonchev–Trinajstić information content (AvgIpc) is 2.18. The van der Waals surface area contributed by atoms with E-state index in [-0.39, 0.29) is 5.60 Å². The molecule has 0 spiro atoms. The highest BCUT2D eigenvalue weighted by Crippen LogP contribution is 2.24. The van der Waals surface area contributed by atoms with Gasteiger partial charge in [0, 0.05) is 26.6 Å². The van der Waals surface area contributed by atoms with Gasteiger partial charge in [0.25, 0.3) is 0 Å². The van der Waals surface area contributed by atoms with Crippen molar-refractivity contribution in [3.8, 4) is 0 Å². The smallest absolute Gasteiger partial charge is 0.0966 e. The highest BCUT2D eigenvalue weighted by Gasteiger charge is 2.37. The van der Waals surface area contributed by atoms with E-state index in [1.165, 1.54) is 16.7 Å². The monoisotopic (exact) mass is 205 g/mol. The third-order valence-electron chi connectivity index (χ3n) is 3.56. The van der Waals surface area contributed by atoms with Crippen LogP contribution in [0.4, 0.5) is 0 Å². The van der Waals surface area contributed by atoms with Gasteiger partial charge >= 0.3 is 0 Å². The van der Waals surface area contributed by atoms with E-state index in [2.05, 4.69) is 37.4 Å². The first kappa shape index (κ1) is 10.7. The second kappa shape index (κ2) is 3.95. The van der Waals surface area contributed by atoms with Gasteiger partial charge in [-0.1, -0.05) is 18.2 Å². The molecule has 2 nitrogen and oxygen atoms in total. The van der Waals surface area contributed by atoms with Crippen LogP contribution in [-0.2, 0) is 11.2 Å². The minimum absolute atomic E-state index is 0.0402. The first-order chi connectivity index (χ1) is 7.17. The van der Waals surface area contributed by atoms with Crippen molar-refractivity contribution in [2.75, 3.05) is 20.2 Å². The summed E-state index contributed by atoms with van der Waals surface area (Å²) in [4.78, 5) is 0. The lowest BCUT2D eigenvalue weighted by Gasteiger charge is -2.41. The molecule has 1 aromatic carbocycles. The van der Waals surface area contributed by atoms with Gasteiger partial charge in [0.1, 0.15) is 0 Å². The van der Waals surface area contributed by atoms with Crippen LogP contribution < -0.4 is 5.32 Å². The lowest BCUT2D eigenvalue weighted by atomic mass is 9.86. The number of hydrogen-bond acceptors (Lipinski definition) is 2. The Morgan fingerprint density at radius 3 is 2.60 bits per heavy atom. The number of nitrogens with one attached hydrogen (secondary N) is 1. The first-order valence-corrected chi connectivity index (χ1v) is 5.48. The molecule has 1 fully saturated rings. The van der Waals surface area contributed by atoms with Crippen LogP contribution in [0.3, 0.4) is 0 Å². The zero-order chi connectivity index (χ0) is 10.9. The van der Waals surface area contributed by atoms with Gasteiger partial charge in [-0.25, -0.2) is 0 Å². The molecule has 0 aliphatic carbocycles. The molecule has 1 N–H and O–H groups in total. The van der Waals surface area contributed by atoms with E-state index in [9.17, 15) is 0 Å². The van der Waals surface area contributed by atoms with E-state index in [0.717, 1.165) is 19.5 Å². The van der Waals surface area contributed by atoms with E-state index in [1.807, 2.05) is 7.11 Å². The molecule has 0 amide bonds. The molecule has 1 aliphatic rings. The molecule has 82 valence electrons. The molecule has 0 saturated carbocycles. The zero-order valence-corrected chi connectivity index (χ0v) is 9.76. The van der Waals surface area contributed by atoms with Crippen molar-refractivity contribution < 1.29 is 4.74 Å². The fraction of sp³-hybridized carbons (Fsp3) is 0.538. The van der Waals surface area contributed by atoms with Crippen LogP contribution in [0.1, 0.15) is 16.7 Å². The maximum atomic E-state index is 5.61. The largest absolute Gasteiger partial charge is 0.375 e. The van der Waals surface area contributed by atoms with E-state index in [1.54, 1.807) is 0 Å². The molecule has 15 heavy (non-hydrogen) atoms. The summed E-state index contributed by atoms with van der Waals surface area (Å²) >= 11 is 0. The molecule has 1 saturated heterocycles. The number of hydrogen-bond donors (Lipinski definition) is 1. The van der Waals surface area contributed by atoms with Crippen molar-refractivity contribution in [2.45, 2.75) is 25.9 Å². The van der Waals surface area contributed by atoms with Gasteiger partial charge in [-0.05, 0) is 30.5 Å². The quantitative estimate of drug-likeness (QED) is 0.813. The van der Waals surface area contributed by atoms with Gasteiger partial charge in [-0.15, -0.1) is 0 Å². The number of rotatable bonds is 3. The van der Waals surface area contributed by atoms with E-state index in [0.29, 0.717) is 0 Å². The summed E-state index contributed by atoms with van der Waals surface area (Å²) in [6.45, 7) is 6.30. The van der Waals surface area contributed by atoms with Gasteiger partial charge in [-0.2, -0.15) is 0 Å². The molecule has 0 atom stereocenters. The molecule has 1 aliphatic heterocycles. The maximum absolute atomic E-state index is 5.61. The summed E-state index contributed by atoms with van der Waals surface area (Å²) < 4.78 is 5.61. The van der Waals surface area contributed by atoms with Crippen molar-refractivity contribution in [1.29, 1.82) is 0 Å². The summed E-state index contributed by atoms with van der Waals surface area (Å²) in [5.74, 6) is 0. The molecular weight excluding hydrogens is 186 g/mol. The molecule has 1 aromatic rings. The van der Waals surface area contributed by atoms with Gasteiger partial charge in [0.2, 0.25) is 0 Å². The second-order valence-corrected chi connectivity index (χ2v) is 4.53. The SMILES string of the molecule is COC1(Cc2cccc(C)c2C)CNC1. The van der Waals surface area contributed by atoms with Crippen molar-refractivity contribution in [1.82, 2.24) is 5.32 Å². The van der Waals surface area contributed by atoms with Crippen LogP contribution in [0.5, 0.6) is 0 Å². The third-order valence-corrected chi connectivity index (χ3v) is 3.56. The lowest BCUT2D eigenvalue weighted by molar-refractivity contribution is -0.0503. The molecule has 0 radical (unpaired) electrons. The topological polar surface area (TPSA) is 21.3 Å². The van der Waals surface area contributed by atoms with Crippen LogP contribution in [0.25, 0.3) is 0 Å². The lowest BCUT2D eigenvalue weighted by Crippen LogP contribution is -2.61. The Bertz CT molecular complexity index is 350. The molecule has 0 bridgehead atoms. The highest BCUT2D eigenvalue weighted by molar-refractivity contribution is 5.34. The van der Waals surface area contributed by atoms with Gasteiger partial charge in [0.05, 0.1) is 5.60 Å². The number of ether oxygens (including phenoxy) is 1. The first-order valence-electron chi connectivity index (χ1n) is 5.48. The molecular formula is C13H19NO. The molecule has 0 unspecified atom stereocenters. The molecule has 2 heteroatoms. The predicted octanol–water partition coefficient (Wildman–Crippen LogP) is 1.83. The highest BCUT2D eigenvalue weighted by atomic mass is 16.5. The average molecular weight is 205 g/mol. The summed E-state index contributed by atoms with van der Waals surface area (Å²) in [6, 6.07) is 6.51. The van der Waals surface area contributed by atoms with Crippen LogP contribution >= 0.6 is 0 Å². The zero-order valence-electron chi connectivity index (χ0n) is 9.76. The maximum Gasteiger partial charge on any atom is 0.0966 e. The fourth-order valence-electron chi connectivity index (χ4n) is 2.10. The van der Waals surface area contributed by atoms with Crippen LogP contribution in [0, 0.1) is 13.8 Å². The Hall–Kier alpha value is -0.860.